The van der Waals surface area contributed by atoms with Gasteiger partial charge in [-0.05, 0) is 55.8 Å². The van der Waals surface area contributed by atoms with Gasteiger partial charge in [0.05, 0.1) is 0 Å². The maximum atomic E-state index is 13.9. The fraction of sp³-hybridized carbons (Fsp3) is 0.647. The van der Waals surface area contributed by atoms with Crippen molar-refractivity contribution in [3.8, 4) is 0 Å². The van der Waals surface area contributed by atoms with Crippen molar-refractivity contribution in [3.05, 3.63) is 29.8 Å². The Balaban J connectivity index is 2.13. The van der Waals surface area contributed by atoms with Crippen molar-refractivity contribution in [1.29, 1.82) is 0 Å². The Labute approximate surface area is 130 Å². The zero-order chi connectivity index (χ0) is 15.5. The Morgan fingerprint density at radius 2 is 2.10 bits per heavy atom. The first-order valence-electron chi connectivity index (χ1n) is 7.76. The summed E-state index contributed by atoms with van der Waals surface area (Å²) in [4.78, 5) is 0.431. The molecule has 2 atom stereocenters. The minimum absolute atomic E-state index is 0.270. The van der Waals surface area contributed by atoms with E-state index in [-0.39, 0.29) is 22.3 Å². The van der Waals surface area contributed by atoms with Crippen LogP contribution in [0.4, 0.5) is 8.78 Å². The van der Waals surface area contributed by atoms with Crippen molar-refractivity contribution in [3.63, 3.8) is 0 Å². The molecule has 1 N–H and O–H groups in total. The highest BCUT2D eigenvalue weighted by Crippen LogP contribution is 2.43. The van der Waals surface area contributed by atoms with E-state index in [1.807, 2.05) is 0 Å². The van der Waals surface area contributed by atoms with Crippen molar-refractivity contribution in [1.82, 2.24) is 5.32 Å². The predicted octanol–water partition coefficient (Wildman–Crippen LogP) is 5.00. The fourth-order valence-electron chi connectivity index (χ4n) is 2.94. The molecule has 0 bridgehead atoms. The van der Waals surface area contributed by atoms with E-state index in [4.69, 9.17) is 0 Å². The number of rotatable bonds is 5. The highest BCUT2D eigenvalue weighted by molar-refractivity contribution is 8.00. The summed E-state index contributed by atoms with van der Waals surface area (Å²) in [5, 5.41) is 3.86. The van der Waals surface area contributed by atoms with Crippen LogP contribution in [0, 0.1) is 17.0 Å². The van der Waals surface area contributed by atoms with E-state index >= 15 is 0 Å². The zero-order valence-corrected chi connectivity index (χ0v) is 13.9. The molecular formula is C17H25F2NS. The van der Waals surface area contributed by atoms with Gasteiger partial charge in [0.15, 0.2) is 0 Å². The van der Waals surface area contributed by atoms with Gasteiger partial charge in [-0.3, -0.25) is 0 Å². The number of thioether (sulfide) groups is 1. The number of halogens is 2. The van der Waals surface area contributed by atoms with E-state index in [1.165, 1.54) is 36.4 Å². The molecule has 1 aromatic rings. The van der Waals surface area contributed by atoms with Crippen LogP contribution in [0.5, 0.6) is 0 Å². The second kappa shape index (κ2) is 7.10. The Kier molecular flexibility index (Phi) is 5.67. The summed E-state index contributed by atoms with van der Waals surface area (Å²) in [6.07, 6.45) is 4.39. The lowest BCUT2D eigenvalue weighted by atomic mass is 9.75. The molecule has 1 saturated carbocycles. The van der Waals surface area contributed by atoms with Crippen LogP contribution in [-0.2, 0) is 0 Å². The van der Waals surface area contributed by atoms with Crippen molar-refractivity contribution in [2.75, 3.05) is 6.54 Å². The summed E-state index contributed by atoms with van der Waals surface area (Å²) in [6, 6.07) is 4.10. The molecule has 0 amide bonds. The fourth-order valence-corrected chi connectivity index (χ4v) is 4.56. The number of benzene rings is 1. The minimum atomic E-state index is -0.368. The quantitative estimate of drug-likeness (QED) is 0.820. The highest BCUT2D eigenvalue weighted by atomic mass is 32.2. The van der Waals surface area contributed by atoms with Gasteiger partial charge in [-0.1, -0.05) is 20.8 Å². The molecule has 0 spiro atoms. The lowest BCUT2D eigenvalue weighted by Gasteiger charge is -2.41. The van der Waals surface area contributed by atoms with Gasteiger partial charge in [0.2, 0.25) is 0 Å². The molecule has 0 aromatic heterocycles. The molecule has 0 aliphatic heterocycles. The zero-order valence-electron chi connectivity index (χ0n) is 13.1. The van der Waals surface area contributed by atoms with Gasteiger partial charge in [-0.25, -0.2) is 8.78 Å². The summed E-state index contributed by atoms with van der Waals surface area (Å²) in [5.41, 5.74) is 0.270. The lowest BCUT2D eigenvalue weighted by molar-refractivity contribution is 0.214. The molecule has 1 fully saturated rings. The third kappa shape index (κ3) is 4.68. The SMILES string of the molecule is CCCNC1CCC(C)(C)CC1Sc1cc(F)ccc1F. The lowest BCUT2D eigenvalue weighted by Crippen LogP contribution is -2.45. The molecule has 118 valence electrons. The summed E-state index contributed by atoms with van der Waals surface area (Å²) >= 11 is 1.49. The number of hydrogen-bond donors (Lipinski definition) is 1. The van der Waals surface area contributed by atoms with E-state index in [1.54, 1.807) is 0 Å². The monoisotopic (exact) mass is 313 g/mol. The van der Waals surface area contributed by atoms with E-state index in [0.717, 1.165) is 25.8 Å². The normalized spacial score (nSPS) is 25.0. The molecule has 4 heteroatoms. The van der Waals surface area contributed by atoms with Gasteiger partial charge in [0, 0.05) is 16.2 Å². The van der Waals surface area contributed by atoms with Crippen LogP contribution in [0.1, 0.15) is 46.5 Å². The molecule has 2 unspecified atom stereocenters. The van der Waals surface area contributed by atoms with Crippen LogP contribution in [0.2, 0.25) is 0 Å². The van der Waals surface area contributed by atoms with Crippen LogP contribution in [0.25, 0.3) is 0 Å². The second-order valence-electron chi connectivity index (χ2n) is 6.70. The standard InChI is InChI=1S/C17H25F2NS/c1-4-9-20-14-7-8-17(2,3)11-16(14)21-15-10-12(18)5-6-13(15)19/h5-6,10,14,16,20H,4,7-9,11H2,1-3H3. The molecule has 21 heavy (non-hydrogen) atoms. The van der Waals surface area contributed by atoms with Crippen molar-refractivity contribution in [2.45, 2.75) is 62.6 Å². The Morgan fingerprint density at radius 1 is 1.33 bits per heavy atom. The molecule has 0 saturated heterocycles. The van der Waals surface area contributed by atoms with Crippen molar-refractivity contribution in [2.24, 2.45) is 5.41 Å². The maximum absolute atomic E-state index is 13.9. The van der Waals surface area contributed by atoms with Gasteiger partial charge in [-0.2, -0.15) is 0 Å². The van der Waals surface area contributed by atoms with Gasteiger partial charge in [-0.15, -0.1) is 11.8 Å². The Bertz CT molecular complexity index is 476. The van der Waals surface area contributed by atoms with Gasteiger partial charge in [0.25, 0.3) is 0 Å². The average molecular weight is 313 g/mol. The Hall–Kier alpha value is -0.610. The number of hydrogen-bond acceptors (Lipinski definition) is 2. The third-order valence-corrected chi connectivity index (χ3v) is 5.53. The van der Waals surface area contributed by atoms with E-state index in [2.05, 4.69) is 26.1 Å². The van der Waals surface area contributed by atoms with Gasteiger partial charge >= 0.3 is 0 Å². The van der Waals surface area contributed by atoms with Crippen molar-refractivity contribution >= 4 is 11.8 Å². The molecule has 0 heterocycles. The molecule has 1 aliphatic rings. The number of nitrogens with one attached hydrogen (secondary N) is 1. The molecular weight excluding hydrogens is 288 g/mol. The van der Waals surface area contributed by atoms with E-state index < -0.39 is 0 Å². The van der Waals surface area contributed by atoms with Gasteiger partial charge in [0.1, 0.15) is 11.6 Å². The Morgan fingerprint density at radius 3 is 2.81 bits per heavy atom. The second-order valence-corrected chi connectivity index (χ2v) is 7.98. The summed E-state index contributed by atoms with van der Waals surface area (Å²) < 4.78 is 27.2. The van der Waals surface area contributed by atoms with E-state index in [0.29, 0.717) is 10.9 Å². The predicted molar refractivity (Wildman–Crippen MR) is 85.7 cm³/mol. The van der Waals surface area contributed by atoms with Gasteiger partial charge < -0.3 is 5.32 Å². The first-order chi connectivity index (χ1) is 9.91. The van der Waals surface area contributed by atoms with Crippen LogP contribution >= 0.6 is 11.8 Å². The van der Waals surface area contributed by atoms with Crippen LogP contribution < -0.4 is 5.32 Å². The summed E-state index contributed by atoms with van der Waals surface area (Å²) in [5.74, 6) is -0.689. The van der Waals surface area contributed by atoms with Crippen LogP contribution in [0.3, 0.4) is 0 Å². The molecule has 1 nitrogen and oxygen atoms in total. The minimum Gasteiger partial charge on any atom is -0.313 e. The topological polar surface area (TPSA) is 12.0 Å². The smallest absolute Gasteiger partial charge is 0.136 e. The molecule has 0 radical (unpaired) electrons. The van der Waals surface area contributed by atoms with Crippen molar-refractivity contribution < 1.29 is 8.78 Å². The van der Waals surface area contributed by atoms with Crippen LogP contribution in [-0.4, -0.2) is 17.8 Å². The molecule has 2 rings (SSSR count). The van der Waals surface area contributed by atoms with E-state index in [9.17, 15) is 8.78 Å². The molecule has 1 aromatic carbocycles. The average Bonchev–Trinajstić information content (AvgIpc) is 2.41. The first kappa shape index (κ1) is 16.8. The largest absolute Gasteiger partial charge is 0.313 e. The maximum Gasteiger partial charge on any atom is 0.136 e. The molecule has 1 aliphatic carbocycles. The third-order valence-electron chi connectivity index (χ3n) is 4.16. The highest BCUT2D eigenvalue weighted by Gasteiger charge is 2.35. The van der Waals surface area contributed by atoms with Crippen LogP contribution in [0.15, 0.2) is 23.1 Å². The summed E-state index contributed by atoms with van der Waals surface area (Å²) in [7, 11) is 0. The summed E-state index contributed by atoms with van der Waals surface area (Å²) in [6.45, 7) is 7.65. The first-order valence-corrected chi connectivity index (χ1v) is 8.64.